The number of rotatable bonds is 7. The highest BCUT2D eigenvalue weighted by molar-refractivity contribution is 7.13. The summed E-state index contributed by atoms with van der Waals surface area (Å²) >= 11 is 1.25. The Hall–Kier alpha value is -2.49. The molecule has 1 aliphatic carbocycles. The van der Waals surface area contributed by atoms with E-state index in [-0.39, 0.29) is 24.0 Å². The number of halogens is 3. The largest absolute Gasteiger partial charge is 0.486 e. The van der Waals surface area contributed by atoms with Gasteiger partial charge in [-0.25, -0.2) is 9.37 Å². The SMILES string of the molecule is Nc1nc(COC(=O)C2CC(Oc3cc(F)ccc3OC(F)F)C2)cs1. The zero-order valence-electron chi connectivity index (χ0n) is 13.4. The Morgan fingerprint density at radius 3 is 2.77 bits per heavy atom. The Morgan fingerprint density at radius 2 is 2.12 bits per heavy atom. The van der Waals surface area contributed by atoms with Gasteiger partial charge in [-0.1, -0.05) is 0 Å². The number of hydrogen-bond donors (Lipinski definition) is 1. The maximum atomic E-state index is 13.3. The summed E-state index contributed by atoms with van der Waals surface area (Å²) in [5.74, 6) is -1.79. The zero-order chi connectivity index (χ0) is 18.7. The number of nitrogens with zero attached hydrogens (tertiary/aromatic N) is 1. The Kier molecular flexibility index (Phi) is 5.50. The number of nitrogens with two attached hydrogens (primary N) is 1. The molecule has 2 aromatic rings. The van der Waals surface area contributed by atoms with Crippen LogP contribution in [0, 0.1) is 11.7 Å². The van der Waals surface area contributed by atoms with Crippen molar-refractivity contribution >= 4 is 22.4 Å². The van der Waals surface area contributed by atoms with Crippen LogP contribution in [0.2, 0.25) is 0 Å². The molecule has 0 spiro atoms. The normalized spacial score (nSPS) is 19.1. The minimum atomic E-state index is -3.05. The molecule has 0 bridgehead atoms. The van der Waals surface area contributed by atoms with Gasteiger partial charge in [-0.3, -0.25) is 4.79 Å². The third-order valence-corrected chi connectivity index (χ3v) is 4.50. The highest BCUT2D eigenvalue weighted by Crippen LogP contribution is 2.37. The lowest BCUT2D eigenvalue weighted by Crippen LogP contribution is -2.39. The number of esters is 1. The zero-order valence-corrected chi connectivity index (χ0v) is 14.2. The number of ether oxygens (including phenoxy) is 3. The van der Waals surface area contributed by atoms with E-state index < -0.39 is 24.5 Å². The third kappa shape index (κ3) is 4.57. The molecule has 0 aliphatic heterocycles. The maximum Gasteiger partial charge on any atom is 0.387 e. The van der Waals surface area contributed by atoms with Gasteiger partial charge in [0.05, 0.1) is 11.6 Å². The fraction of sp³-hybridized carbons (Fsp3) is 0.375. The van der Waals surface area contributed by atoms with Gasteiger partial charge >= 0.3 is 12.6 Å². The van der Waals surface area contributed by atoms with Crippen molar-refractivity contribution in [3.8, 4) is 11.5 Å². The van der Waals surface area contributed by atoms with Gasteiger partial charge in [0.15, 0.2) is 16.6 Å². The molecule has 1 saturated carbocycles. The molecule has 26 heavy (non-hydrogen) atoms. The van der Waals surface area contributed by atoms with Gasteiger partial charge in [-0.05, 0) is 25.0 Å². The minimum absolute atomic E-state index is 0.0326. The molecular weight excluding hydrogens is 373 g/mol. The van der Waals surface area contributed by atoms with Crippen molar-refractivity contribution in [2.75, 3.05) is 5.73 Å². The summed E-state index contributed by atoms with van der Waals surface area (Å²) in [7, 11) is 0. The number of carbonyl (C=O) groups is 1. The molecule has 1 fully saturated rings. The van der Waals surface area contributed by atoms with Crippen LogP contribution in [-0.2, 0) is 16.1 Å². The highest BCUT2D eigenvalue weighted by atomic mass is 32.1. The second-order valence-electron chi connectivity index (χ2n) is 5.66. The highest BCUT2D eigenvalue weighted by Gasteiger charge is 2.38. The van der Waals surface area contributed by atoms with Crippen molar-refractivity contribution in [3.05, 3.63) is 35.1 Å². The molecule has 1 heterocycles. The monoisotopic (exact) mass is 388 g/mol. The molecule has 6 nitrogen and oxygen atoms in total. The van der Waals surface area contributed by atoms with E-state index in [1.54, 1.807) is 5.38 Å². The summed E-state index contributed by atoms with van der Waals surface area (Å²) in [5.41, 5.74) is 6.06. The van der Waals surface area contributed by atoms with Gasteiger partial charge in [0, 0.05) is 11.4 Å². The van der Waals surface area contributed by atoms with E-state index in [9.17, 15) is 18.0 Å². The van der Waals surface area contributed by atoms with Crippen LogP contribution in [-0.4, -0.2) is 23.7 Å². The summed E-state index contributed by atoms with van der Waals surface area (Å²) in [6, 6.07) is 3.04. The van der Waals surface area contributed by atoms with E-state index in [1.807, 2.05) is 0 Å². The molecule has 0 radical (unpaired) electrons. The van der Waals surface area contributed by atoms with Crippen LogP contribution in [0.3, 0.4) is 0 Å². The van der Waals surface area contributed by atoms with E-state index in [4.69, 9.17) is 15.2 Å². The Morgan fingerprint density at radius 1 is 1.35 bits per heavy atom. The van der Waals surface area contributed by atoms with Crippen LogP contribution in [0.5, 0.6) is 11.5 Å². The topological polar surface area (TPSA) is 83.7 Å². The first-order valence-corrected chi connectivity index (χ1v) is 8.56. The fourth-order valence-electron chi connectivity index (χ4n) is 2.45. The van der Waals surface area contributed by atoms with Crippen molar-refractivity contribution < 1.29 is 32.2 Å². The molecule has 1 aromatic carbocycles. The number of thiazole rings is 1. The summed E-state index contributed by atoms with van der Waals surface area (Å²) in [5, 5.41) is 2.09. The molecule has 0 amide bonds. The molecule has 10 heteroatoms. The van der Waals surface area contributed by atoms with Gasteiger partial charge in [0.2, 0.25) is 0 Å². The van der Waals surface area contributed by atoms with Crippen molar-refractivity contribution in [2.24, 2.45) is 5.92 Å². The summed E-state index contributed by atoms with van der Waals surface area (Å²) in [6.45, 7) is -3.02. The molecule has 2 N–H and O–H groups in total. The van der Waals surface area contributed by atoms with E-state index in [1.165, 1.54) is 11.3 Å². The Balaban J connectivity index is 1.49. The molecule has 0 atom stereocenters. The average Bonchev–Trinajstić information content (AvgIpc) is 2.95. The predicted molar refractivity (Wildman–Crippen MR) is 86.5 cm³/mol. The van der Waals surface area contributed by atoms with E-state index in [2.05, 4.69) is 9.72 Å². The third-order valence-electron chi connectivity index (χ3n) is 3.78. The first kappa shape index (κ1) is 18.3. The number of benzene rings is 1. The van der Waals surface area contributed by atoms with E-state index >= 15 is 0 Å². The summed E-state index contributed by atoms with van der Waals surface area (Å²) in [4.78, 5) is 15.9. The van der Waals surface area contributed by atoms with Crippen LogP contribution in [0.25, 0.3) is 0 Å². The lowest BCUT2D eigenvalue weighted by atomic mass is 9.82. The molecular formula is C16H15F3N2O4S. The molecule has 1 aliphatic rings. The predicted octanol–water partition coefficient (Wildman–Crippen LogP) is 3.37. The number of aromatic nitrogens is 1. The summed E-state index contributed by atoms with van der Waals surface area (Å²) in [6.07, 6.45) is 0.259. The molecule has 3 rings (SSSR count). The maximum absolute atomic E-state index is 13.3. The number of hydrogen-bond acceptors (Lipinski definition) is 7. The number of carbonyl (C=O) groups excluding carboxylic acids is 1. The van der Waals surface area contributed by atoms with Crippen molar-refractivity contribution in [3.63, 3.8) is 0 Å². The van der Waals surface area contributed by atoms with Crippen LogP contribution in [0.4, 0.5) is 18.3 Å². The van der Waals surface area contributed by atoms with E-state index in [0.717, 1.165) is 18.2 Å². The second kappa shape index (κ2) is 7.81. The van der Waals surface area contributed by atoms with Crippen molar-refractivity contribution in [2.45, 2.75) is 32.2 Å². The van der Waals surface area contributed by atoms with Crippen LogP contribution in [0.1, 0.15) is 18.5 Å². The lowest BCUT2D eigenvalue weighted by molar-refractivity contribution is -0.156. The standard InChI is InChI=1S/C16H15F3N2O4S/c17-9-1-2-12(25-15(18)19)13(5-9)24-11-3-8(4-11)14(22)23-6-10-7-26-16(20)21-10/h1-2,5,7-8,11,15H,3-4,6H2,(H2,20,21). The number of alkyl halides is 2. The van der Waals surface area contributed by atoms with Gasteiger partial charge in [0.25, 0.3) is 0 Å². The van der Waals surface area contributed by atoms with Gasteiger partial charge in [-0.2, -0.15) is 8.78 Å². The average molecular weight is 388 g/mol. The molecule has 1 aromatic heterocycles. The number of nitrogen functional groups attached to an aromatic ring is 1. The molecule has 0 unspecified atom stereocenters. The lowest BCUT2D eigenvalue weighted by Gasteiger charge is -2.33. The van der Waals surface area contributed by atoms with Gasteiger partial charge in [-0.15, -0.1) is 11.3 Å². The van der Waals surface area contributed by atoms with Gasteiger partial charge < -0.3 is 19.9 Å². The van der Waals surface area contributed by atoms with E-state index in [0.29, 0.717) is 23.7 Å². The Labute approximate surface area is 150 Å². The van der Waals surface area contributed by atoms with Crippen LogP contribution >= 0.6 is 11.3 Å². The van der Waals surface area contributed by atoms with Crippen LogP contribution in [0.15, 0.2) is 23.6 Å². The molecule has 0 saturated heterocycles. The first-order valence-electron chi connectivity index (χ1n) is 7.68. The van der Waals surface area contributed by atoms with Crippen molar-refractivity contribution in [1.82, 2.24) is 4.98 Å². The quantitative estimate of drug-likeness (QED) is 0.733. The first-order chi connectivity index (χ1) is 12.4. The second-order valence-corrected chi connectivity index (χ2v) is 6.55. The number of anilines is 1. The van der Waals surface area contributed by atoms with Crippen LogP contribution < -0.4 is 15.2 Å². The Bertz CT molecular complexity index is 781. The van der Waals surface area contributed by atoms with Crippen molar-refractivity contribution in [1.29, 1.82) is 0 Å². The van der Waals surface area contributed by atoms with Gasteiger partial charge in [0.1, 0.15) is 18.5 Å². The fourth-order valence-corrected chi connectivity index (χ4v) is 3.00. The molecule has 140 valence electrons. The minimum Gasteiger partial charge on any atom is -0.486 e. The smallest absolute Gasteiger partial charge is 0.387 e. The summed E-state index contributed by atoms with van der Waals surface area (Å²) < 4.78 is 53.0.